The lowest BCUT2D eigenvalue weighted by molar-refractivity contribution is 0.150. The van der Waals surface area contributed by atoms with Gasteiger partial charge in [-0.2, -0.15) is 5.10 Å². The molecule has 98 valence electrons. The third kappa shape index (κ3) is 6.00. The Morgan fingerprint density at radius 1 is 1.47 bits per heavy atom. The van der Waals surface area contributed by atoms with Crippen molar-refractivity contribution in [3.63, 3.8) is 0 Å². The summed E-state index contributed by atoms with van der Waals surface area (Å²) < 4.78 is 7.20. The predicted octanol–water partition coefficient (Wildman–Crippen LogP) is 1.28. The van der Waals surface area contributed by atoms with Gasteiger partial charge in [-0.1, -0.05) is 13.8 Å². The third-order valence-corrected chi connectivity index (χ3v) is 2.32. The molecule has 0 atom stereocenters. The molecule has 1 heterocycles. The molecule has 0 spiro atoms. The average Bonchev–Trinajstić information content (AvgIpc) is 2.70. The van der Waals surface area contributed by atoms with E-state index in [1.807, 2.05) is 4.68 Å². The molecule has 1 aromatic rings. The summed E-state index contributed by atoms with van der Waals surface area (Å²) in [6.45, 7) is 8.03. The van der Waals surface area contributed by atoms with E-state index in [1.54, 1.807) is 6.33 Å². The van der Waals surface area contributed by atoms with Crippen LogP contribution in [0.1, 0.15) is 19.7 Å². The van der Waals surface area contributed by atoms with Crippen molar-refractivity contribution in [2.75, 3.05) is 25.6 Å². The summed E-state index contributed by atoms with van der Waals surface area (Å²) in [5, 5.41) is 7.47. The molecule has 0 bridgehead atoms. The van der Waals surface area contributed by atoms with Crippen molar-refractivity contribution in [1.82, 2.24) is 20.1 Å². The molecule has 0 amide bonds. The van der Waals surface area contributed by atoms with Crippen LogP contribution in [-0.2, 0) is 17.8 Å². The molecule has 1 N–H and O–H groups in total. The van der Waals surface area contributed by atoms with Gasteiger partial charge < -0.3 is 10.1 Å². The van der Waals surface area contributed by atoms with Crippen LogP contribution in [0.25, 0.3) is 0 Å². The summed E-state index contributed by atoms with van der Waals surface area (Å²) in [6, 6.07) is 0. The molecular formula is C11H21ClN4O. The SMILES string of the molecule is CC(C)Cn1ncnc1CNCCOCCCl. The molecule has 1 rings (SSSR count). The molecule has 0 fully saturated rings. The molecule has 6 heteroatoms. The molecule has 0 aliphatic carbocycles. The monoisotopic (exact) mass is 260 g/mol. The first kappa shape index (κ1) is 14.4. The lowest BCUT2D eigenvalue weighted by Crippen LogP contribution is -2.23. The van der Waals surface area contributed by atoms with E-state index in [-0.39, 0.29) is 0 Å². The molecule has 0 aliphatic rings. The van der Waals surface area contributed by atoms with Crippen molar-refractivity contribution < 1.29 is 4.74 Å². The maximum atomic E-state index is 5.50. The number of hydrogen-bond acceptors (Lipinski definition) is 4. The first-order chi connectivity index (χ1) is 8.24. The lowest BCUT2D eigenvalue weighted by Gasteiger charge is -2.09. The zero-order valence-electron chi connectivity index (χ0n) is 10.5. The highest BCUT2D eigenvalue weighted by molar-refractivity contribution is 6.17. The first-order valence-electron chi connectivity index (χ1n) is 5.95. The topological polar surface area (TPSA) is 52.0 Å². The Kier molecular flexibility index (Phi) is 7.16. The van der Waals surface area contributed by atoms with Gasteiger partial charge in [0.2, 0.25) is 0 Å². The predicted molar refractivity (Wildman–Crippen MR) is 68.1 cm³/mol. The van der Waals surface area contributed by atoms with Crippen LogP contribution in [0.4, 0.5) is 0 Å². The van der Waals surface area contributed by atoms with Gasteiger partial charge in [0.1, 0.15) is 12.2 Å². The van der Waals surface area contributed by atoms with Crippen LogP contribution in [0.2, 0.25) is 0 Å². The van der Waals surface area contributed by atoms with Crippen LogP contribution in [0.15, 0.2) is 6.33 Å². The highest BCUT2D eigenvalue weighted by Gasteiger charge is 2.05. The van der Waals surface area contributed by atoms with Crippen LogP contribution in [0.5, 0.6) is 0 Å². The van der Waals surface area contributed by atoms with Crippen molar-refractivity contribution in [1.29, 1.82) is 0 Å². The summed E-state index contributed by atoms with van der Waals surface area (Å²) in [7, 11) is 0. The molecule has 0 aliphatic heterocycles. The zero-order chi connectivity index (χ0) is 12.5. The Labute approximate surface area is 108 Å². The Balaban J connectivity index is 2.20. The van der Waals surface area contributed by atoms with Gasteiger partial charge in [-0.3, -0.25) is 0 Å². The van der Waals surface area contributed by atoms with Gasteiger partial charge >= 0.3 is 0 Å². The Bertz CT molecular complexity index is 303. The number of alkyl halides is 1. The zero-order valence-corrected chi connectivity index (χ0v) is 11.3. The fourth-order valence-electron chi connectivity index (χ4n) is 1.42. The summed E-state index contributed by atoms with van der Waals surface area (Å²) in [4.78, 5) is 4.23. The number of nitrogens with zero attached hydrogens (tertiary/aromatic N) is 3. The van der Waals surface area contributed by atoms with Crippen LogP contribution in [0.3, 0.4) is 0 Å². The van der Waals surface area contributed by atoms with Crippen molar-refractivity contribution in [3.05, 3.63) is 12.2 Å². The normalized spacial score (nSPS) is 11.3. The lowest BCUT2D eigenvalue weighted by atomic mass is 10.2. The van der Waals surface area contributed by atoms with Gasteiger partial charge in [0.25, 0.3) is 0 Å². The standard InChI is InChI=1S/C11H21ClN4O/c1-10(2)8-16-11(14-9-15-16)7-13-4-6-17-5-3-12/h9-10,13H,3-8H2,1-2H3. The molecule has 0 saturated heterocycles. The van der Waals surface area contributed by atoms with Gasteiger partial charge in [0, 0.05) is 19.0 Å². The second kappa shape index (κ2) is 8.44. The fourth-order valence-corrected chi connectivity index (χ4v) is 1.53. The Morgan fingerprint density at radius 3 is 3.00 bits per heavy atom. The van der Waals surface area contributed by atoms with Crippen molar-refractivity contribution >= 4 is 11.6 Å². The van der Waals surface area contributed by atoms with E-state index in [1.165, 1.54) is 0 Å². The summed E-state index contributed by atoms with van der Waals surface area (Å²) >= 11 is 5.50. The summed E-state index contributed by atoms with van der Waals surface area (Å²) in [5.41, 5.74) is 0. The fraction of sp³-hybridized carbons (Fsp3) is 0.818. The molecule has 1 aromatic heterocycles. The van der Waals surface area contributed by atoms with Gasteiger partial charge in [-0.15, -0.1) is 11.6 Å². The number of rotatable bonds is 9. The van der Waals surface area contributed by atoms with Gasteiger partial charge in [-0.05, 0) is 5.92 Å². The molecule has 5 nitrogen and oxygen atoms in total. The maximum absolute atomic E-state index is 5.50. The maximum Gasteiger partial charge on any atom is 0.140 e. The number of hydrogen-bond donors (Lipinski definition) is 1. The summed E-state index contributed by atoms with van der Waals surface area (Å²) in [5.74, 6) is 2.08. The van der Waals surface area contributed by atoms with Gasteiger partial charge in [-0.25, -0.2) is 9.67 Å². The van der Waals surface area contributed by atoms with Crippen molar-refractivity contribution in [3.8, 4) is 0 Å². The highest BCUT2D eigenvalue weighted by Crippen LogP contribution is 2.00. The first-order valence-corrected chi connectivity index (χ1v) is 6.48. The van der Waals surface area contributed by atoms with E-state index in [4.69, 9.17) is 16.3 Å². The minimum Gasteiger partial charge on any atom is -0.379 e. The van der Waals surface area contributed by atoms with E-state index >= 15 is 0 Å². The van der Waals surface area contributed by atoms with E-state index in [9.17, 15) is 0 Å². The molecule has 0 aromatic carbocycles. The van der Waals surface area contributed by atoms with Crippen LogP contribution >= 0.6 is 11.6 Å². The second-order valence-corrected chi connectivity index (χ2v) is 4.61. The quantitative estimate of drug-likeness (QED) is 0.537. The number of aromatic nitrogens is 3. The average molecular weight is 261 g/mol. The Morgan fingerprint density at radius 2 is 2.29 bits per heavy atom. The molecule has 0 saturated carbocycles. The van der Waals surface area contributed by atoms with E-state index in [0.717, 1.165) is 25.5 Å². The molecule has 0 radical (unpaired) electrons. The van der Waals surface area contributed by atoms with E-state index in [0.29, 0.717) is 25.0 Å². The molecule has 17 heavy (non-hydrogen) atoms. The number of nitrogens with one attached hydrogen (secondary N) is 1. The van der Waals surface area contributed by atoms with E-state index < -0.39 is 0 Å². The minimum atomic E-state index is 0.544. The van der Waals surface area contributed by atoms with Crippen molar-refractivity contribution in [2.45, 2.75) is 26.9 Å². The van der Waals surface area contributed by atoms with Crippen LogP contribution in [-0.4, -0.2) is 40.4 Å². The number of halogens is 1. The Hall–Kier alpha value is -0.650. The summed E-state index contributed by atoms with van der Waals surface area (Å²) in [6.07, 6.45) is 1.60. The highest BCUT2D eigenvalue weighted by atomic mass is 35.5. The van der Waals surface area contributed by atoms with Crippen molar-refractivity contribution in [2.24, 2.45) is 5.92 Å². The number of ether oxygens (including phenoxy) is 1. The third-order valence-electron chi connectivity index (χ3n) is 2.16. The van der Waals surface area contributed by atoms with Crippen LogP contribution in [0, 0.1) is 5.92 Å². The second-order valence-electron chi connectivity index (χ2n) is 4.23. The molecular weight excluding hydrogens is 240 g/mol. The van der Waals surface area contributed by atoms with Crippen LogP contribution < -0.4 is 5.32 Å². The van der Waals surface area contributed by atoms with Gasteiger partial charge in [0.05, 0.1) is 19.8 Å². The minimum absolute atomic E-state index is 0.544. The van der Waals surface area contributed by atoms with Gasteiger partial charge in [0.15, 0.2) is 0 Å². The smallest absolute Gasteiger partial charge is 0.140 e. The van der Waals surface area contributed by atoms with E-state index in [2.05, 4.69) is 29.2 Å². The largest absolute Gasteiger partial charge is 0.379 e. The molecule has 0 unspecified atom stereocenters.